The first kappa shape index (κ1) is 34.1. The Hall–Kier alpha value is -5.03. The van der Waals surface area contributed by atoms with E-state index in [0.717, 1.165) is 0 Å². The van der Waals surface area contributed by atoms with E-state index >= 15 is 0 Å². The number of alkyl halides is 2. The van der Waals surface area contributed by atoms with Crippen LogP contribution < -0.4 is 15.5 Å². The highest BCUT2D eigenvalue weighted by Crippen LogP contribution is 2.47. The van der Waals surface area contributed by atoms with Crippen molar-refractivity contribution in [1.29, 1.82) is 0 Å². The first-order valence-corrected chi connectivity index (χ1v) is 17.7. The lowest BCUT2D eigenvalue weighted by molar-refractivity contribution is -0.142. The molecule has 4 amide bonds. The van der Waals surface area contributed by atoms with Crippen molar-refractivity contribution in [3.8, 4) is 0 Å². The number of allylic oxidation sites excluding steroid dienone is 2. The molecule has 4 saturated heterocycles. The maximum Gasteiger partial charge on any atom is 0.284 e. The molecule has 3 aromatic rings. The molecule has 4 fully saturated rings. The molecule has 0 bridgehead atoms. The molecule has 3 aromatic heterocycles. The predicted molar refractivity (Wildman–Crippen MR) is 183 cm³/mol. The summed E-state index contributed by atoms with van der Waals surface area (Å²) in [5.41, 5.74) is 0.0747. The number of morpholine rings is 1. The number of nitrogens with zero attached hydrogens (tertiary/aromatic N) is 8. The molecule has 0 radical (unpaired) electrons. The van der Waals surface area contributed by atoms with Crippen LogP contribution in [0.15, 0.2) is 48.5 Å². The van der Waals surface area contributed by atoms with Crippen LogP contribution in [0.4, 0.5) is 20.3 Å². The van der Waals surface area contributed by atoms with Crippen molar-refractivity contribution in [1.82, 2.24) is 39.5 Å². The quantitative estimate of drug-likeness (QED) is 0.331. The number of rotatable bonds is 8. The Morgan fingerprint density at radius 3 is 2.67 bits per heavy atom. The minimum atomic E-state index is -2.90. The predicted octanol–water partition coefficient (Wildman–Crippen LogP) is 2.36. The molecule has 17 heteroatoms. The second kappa shape index (κ2) is 13.5. The summed E-state index contributed by atoms with van der Waals surface area (Å²) < 4.78 is 36.9. The van der Waals surface area contributed by atoms with E-state index in [4.69, 9.17) is 4.74 Å². The van der Waals surface area contributed by atoms with Gasteiger partial charge in [-0.2, -0.15) is 10.2 Å². The standard InChI is InChI=1S/C35H40F2N10O5/c1-35-20-45(26-5-6-28(48)41-33(26)50)34(51)24(35)4-2-3-21(35)18-43-10-7-22(8-11-43)47-19-25(29(42-47)30(36)37)39-32(49)23-17-38-46-12-9-27(40-31(23)46)44-13-15-52-16-14-44/h2-4,9,12,17,19,21-22,26,30H,5-8,10-11,13-16,18,20H2,1H3,(H,39,49)(H,41,48,50). The van der Waals surface area contributed by atoms with Crippen LogP contribution in [0.5, 0.6) is 0 Å². The van der Waals surface area contributed by atoms with Crippen LogP contribution in [0.25, 0.3) is 5.65 Å². The molecule has 5 aliphatic rings. The molecule has 0 aromatic carbocycles. The van der Waals surface area contributed by atoms with Gasteiger partial charge < -0.3 is 24.8 Å². The van der Waals surface area contributed by atoms with E-state index in [9.17, 15) is 28.0 Å². The summed E-state index contributed by atoms with van der Waals surface area (Å²) in [4.78, 5) is 61.9. The highest BCUT2D eigenvalue weighted by atomic mass is 19.3. The van der Waals surface area contributed by atoms with Crippen molar-refractivity contribution in [2.24, 2.45) is 11.3 Å². The van der Waals surface area contributed by atoms with Gasteiger partial charge in [-0.05, 0) is 25.3 Å². The lowest BCUT2D eigenvalue weighted by atomic mass is 9.70. The molecular weight excluding hydrogens is 678 g/mol. The van der Waals surface area contributed by atoms with Gasteiger partial charge in [0.1, 0.15) is 17.4 Å². The van der Waals surface area contributed by atoms with Crippen molar-refractivity contribution in [3.05, 3.63) is 59.7 Å². The summed E-state index contributed by atoms with van der Waals surface area (Å²) in [7, 11) is 0. The zero-order valence-electron chi connectivity index (χ0n) is 28.7. The van der Waals surface area contributed by atoms with Crippen LogP contribution in [0, 0.1) is 11.3 Å². The van der Waals surface area contributed by atoms with Gasteiger partial charge in [0, 0.05) is 75.0 Å². The number of anilines is 2. The number of ether oxygens (including phenoxy) is 1. The van der Waals surface area contributed by atoms with Crippen molar-refractivity contribution >= 4 is 40.8 Å². The Morgan fingerprint density at radius 2 is 1.92 bits per heavy atom. The molecule has 7 heterocycles. The van der Waals surface area contributed by atoms with Crippen LogP contribution in [0.1, 0.15) is 61.1 Å². The Bertz CT molecular complexity index is 1980. The number of piperidine rings is 2. The zero-order valence-corrected chi connectivity index (χ0v) is 28.7. The summed E-state index contributed by atoms with van der Waals surface area (Å²) in [5.74, 6) is -0.851. The third-order valence-electron chi connectivity index (χ3n) is 11.2. The maximum absolute atomic E-state index is 14.2. The van der Waals surface area contributed by atoms with E-state index in [2.05, 4.69) is 48.6 Å². The SMILES string of the molecule is CC12CN(C3CCC(=O)NC3=O)C(=O)C1=CC=CC2CN1CCC(n2cc(NC(=O)c3cnn4ccc(N5CCOCC5)nc34)c(C(F)F)n2)CC1. The van der Waals surface area contributed by atoms with E-state index in [1.54, 1.807) is 11.1 Å². The van der Waals surface area contributed by atoms with E-state index in [-0.39, 0.29) is 41.4 Å². The summed E-state index contributed by atoms with van der Waals surface area (Å²) in [6.07, 6.45) is 9.32. The second-order valence-electron chi connectivity index (χ2n) is 14.3. The highest BCUT2D eigenvalue weighted by Gasteiger charge is 2.53. The Morgan fingerprint density at radius 1 is 1.13 bits per heavy atom. The maximum atomic E-state index is 14.2. The summed E-state index contributed by atoms with van der Waals surface area (Å²) in [6, 6.07) is 0.986. The number of fused-ring (bicyclic) bond motifs is 2. The molecular formula is C35H40F2N10O5. The summed E-state index contributed by atoms with van der Waals surface area (Å²) in [6.45, 7) is 6.95. The van der Waals surface area contributed by atoms with Gasteiger partial charge in [0.25, 0.3) is 18.2 Å². The van der Waals surface area contributed by atoms with Crippen molar-refractivity contribution in [2.45, 2.75) is 51.1 Å². The number of aromatic nitrogens is 5. The number of carbonyl (C=O) groups excluding carboxylic acids is 4. The van der Waals surface area contributed by atoms with Gasteiger partial charge in [0.2, 0.25) is 11.8 Å². The monoisotopic (exact) mass is 718 g/mol. The van der Waals surface area contributed by atoms with Gasteiger partial charge in [-0.25, -0.2) is 18.3 Å². The minimum absolute atomic E-state index is 0.00240. The number of hydrogen-bond donors (Lipinski definition) is 2. The molecule has 0 saturated carbocycles. The third kappa shape index (κ3) is 6.14. The normalized spacial score (nSPS) is 25.9. The van der Waals surface area contributed by atoms with E-state index < -0.39 is 35.4 Å². The number of nitrogens with one attached hydrogen (secondary N) is 2. The third-order valence-corrected chi connectivity index (χ3v) is 11.2. The largest absolute Gasteiger partial charge is 0.378 e. The average molecular weight is 719 g/mol. The topological polar surface area (TPSA) is 159 Å². The van der Waals surface area contributed by atoms with E-state index in [0.29, 0.717) is 88.8 Å². The fraction of sp³-hybridized carbons (Fsp3) is 0.514. The summed E-state index contributed by atoms with van der Waals surface area (Å²) in [5, 5.41) is 13.5. The van der Waals surface area contributed by atoms with Gasteiger partial charge in [-0.15, -0.1) is 0 Å². The average Bonchev–Trinajstić information content (AvgIpc) is 3.83. The van der Waals surface area contributed by atoms with Crippen LogP contribution in [-0.4, -0.2) is 116 Å². The summed E-state index contributed by atoms with van der Waals surface area (Å²) >= 11 is 0. The van der Waals surface area contributed by atoms with Gasteiger partial charge in [0.05, 0.1) is 31.1 Å². The molecule has 1 aliphatic carbocycles. The number of amides is 4. The molecule has 8 rings (SSSR count). The second-order valence-corrected chi connectivity index (χ2v) is 14.3. The number of halogens is 2. The van der Waals surface area contributed by atoms with E-state index in [1.165, 1.54) is 21.6 Å². The Kier molecular flexibility index (Phi) is 8.85. The van der Waals surface area contributed by atoms with Gasteiger partial charge in [-0.3, -0.25) is 29.2 Å². The van der Waals surface area contributed by atoms with Crippen molar-refractivity contribution in [3.63, 3.8) is 0 Å². The molecule has 2 N–H and O–H groups in total. The fourth-order valence-electron chi connectivity index (χ4n) is 8.15. The first-order valence-electron chi connectivity index (χ1n) is 17.7. The van der Waals surface area contributed by atoms with Gasteiger partial charge in [-0.1, -0.05) is 25.2 Å². The van der Waals surface area contributed by atoms with Crippen LogP contribution >= 0.6 is 0 Å². The molecule has 15 nitrogen and oxygen atoms in total. The molecule has 52 heavy (non-hydrogen) atoms. The molecule has 274 valence electrons. The molecule has 0 spiro atoms. The van der Waals surface area contributed by atoms with Crippen molar-refractivity contribution < 1.29 is 32.7 Å². The van der Waals surface area contributed by atoms with Gasteiger partial charge >= 0.3 is 0 Å². The molecule has 3 unspecified atom stereocenters. The zero-order chi connectivity index (χ0) is 36.1. The van der Waals surface area contributed by atoms with Crippen LogP contribution in [0.2, 0.25) is 0 Å². The molecule has 3 atom stereocenters. The van der Waals surface area contributed by atoms with E-state index in [1.807, 2.05) is 18.2 Å². The fourth-order valence-corrected chi connectivity index (χ4v) is 8.15. The lowest BCUT2D eigenvalue weighted by Crippen LogP contribution is -2.53. The highest BCUT2D eigenvalue weighted by molar-refractivity contribution is 6.08. The number of carbonyl (C=O) groups is 4. The van der Waals surface area contributed by atoms with Crippen LogP contribution in [0.3, 0.4) is 0 Å². The number of imide groups is 1. The number of likely N-dealkylation sites (tertiary alicyclic amines) is 2. The van der Waals surface area contributed by atoms with Gasteiger partial charge in [0.15, 0.2) is 11.3 Å². The number of hydrogen-bond acceptors (Lipinski definition) is 10. The Balaban J connectivity index is 0.920. The minimum Gasteiger partial charge on any atom is -0.378 e. The lowest BCUT2D eigenvalue weighted by Gasteiger charge is -2.40. The smallest absolute Gasteiger partial charge is 0.284 e. The van der Waals surface area contributed by atoms with Crippen molar-refractivity contribution in [2.75, 3.05) is 62.7 Å². The first-order chi connectivity index (χ1) is 25.1. The molecule has 4 aliphatic heterocycles. The Labute approximate surface area is 297 Å². The van der Waals surface area contributed by atoms with Crippen LogP contribution in [-0.2, 0) is 19.1 Å².